The fourth-order valence-corrected chi connectivity index (χ4v) is 2.41. The normalized spacial score (nSPS) is 18.2. The van der Waals surface area contributed by atoms with Gasteiger partial charge in [0.25, 0.3) is 0 Å². The smallest absolute Gasteiger partial charge is 0.218 e. The molecule has 0 atom stereocenters. The molecule has 1 aromatic carbocycles. The SMILES string of the molecule is CC1(C)Nc2ccc(CO)cc2SC1=O. The maximum absolute atomic E-state index is 11.7. The number of hydrogen-bond donors (Lipinski definition) is 2. The van der Waals surface area contributed by atoms with Crippen molar-refractivity contribution in [1.29, 1.82) is 0 Å². The average Bonchev–Trinajstić information content (AvgIpc) is 2.19. The number of fused-ring (bicyclic) bond motifs is 1. The van der Waals surface area contributed by atoms with E-state index in [4.69, 9.17) is 5.11 Å². The van der Waals surface area contributed by atoms with Crippen LogP contribution in [0.2, 0.25) is 0 Å². The molecule has 2 rings (SSSR count). The Balaban J connectivity index is 2.41. The van der Waals surface area contributed by atoms with E-state index in [0.29, 0.717) is 0 Å². The lowest BCUT2D eigenvalue weighted by Gasteiger charge is -2.31. The molecule has 0 aliphatic carbocycles. The second-order valence-electron chi connectivity index (χ2n) is 4.13. The summed E-state index contributed by atoms with van der Waals surface area (Å²) in [5.41, 5.74) is 1.27. The molecule has 1 aromatic rings. The van der Waals surface area contributed by atoms with Crippen molar-refractivity contribution in [2.24, 2.45) is 0 Å². The standard InChI is InChI=1S/C11H13NO2S/c1-11(2)10(14)15-9-5-7(6-13)3-4-8(9)12-11/h3-5,12-13H,6H2,1-2H3. The lowest BCUT2D eigenvalue weighted by atomic mass is 10.1. The third kappa shape index (κ3) is 1.87. The highest BCUT2D eigenvalue weighted by Crippen LogP contribution is 2.38. The summed E-state index contributed by atoms with van der Waals surface area (Å²) in [5, 5.41) is 12.3. The van der Waals surface area contributed by atoms with Gasteiger partial charge in [0.05, 0.1) is 6.61 Å². The maximum atomic E-state index is 11.7. The Morgan fingerprint density at radius 2 is 2.20 bits per heavy atom. The van der Waals surface area contributed by atoms with Crippen LogP contribution in [0.1, 0.15) is 19.4 Å². The van der Waals surface area contributed by atoms with Gasteiger partial charge in [-0.3, -0.25) is 4.79 Å². The number of thioether (sulfide) groups is 1. The molecule has 0 amide bonds. The van der Waals surface area contributed by atoms with Gasteiger partial charge in [0, 0.05) is 10.6 Å². The Bertz CT molecular complexity index is 415. The summed E-state index contributed by atoms with van der Waals surface area (Å²) in [6.45, 7) is 3.74. The van der Waals surface area contributed by atoms with Crippen LogP contribution in [0.4, 0.5) is 5.69 Å². The van der Waals surface area contributed by atoms with Crippen molar-refractivity contribution in [3.8, 4) is 0 Å². The van der Waals surface area contributed by atoms with E-state index in [-0.39, 0.29) is 11.7 Å². The van der Waals surface area contributed by atoms with Crippen LogP contribution in [0.5, 0.6) is 0 Å². The van der Waals surface area contributed by atoms with Crippen molar-refractivity contribution < 1.29 is 9.90 Å². The zero-order chi connectivity index (χ0) is 11.1. The van der Waals surface area contributed by atoms with E-state index < -0.39 is 5.54 Å². The molecule has 1 aliphatic heterocycles. The fraction of sp³-hybridized carbons (Fsp3) is 0.364. The van der Waals surface area contributed by atoms with Gasteiger partial charge in [-0.05, 0) is 43.3 Å². The van der Waals surface area contributed by atoms with Crippen LogP contribution >= 0.6 is 11.8 Å². The molecule has 0 spiro atoms. The molecule has 0 unspecified atom stereocenters. The van der Waals surface area contributed by atoms with E-state index in [9.17, 15) is 4.79 Å². The molecule has 15 heavy (non-hydrogen) atoms. The zero-order valence-electron chi connectivity index (χ0n) is 8.70. The summed E-state index contributed by atoms with van der Waals surface area (Å²) in [6.07, 6.45) is 0. The van der Waals surface area contributed by atoms with Gasteiger partial charge in [-0.2, -0.15) is 0 Å². The average molecular weight is 223 g/mol. The van der Waals surface area contributed by atoms with Crippen molar-refractivity contribution in [3.05, 3.63) is 23.8 Å². The monoisotopic (exact) mass is 223 g/mol. The van der Waals surface area contributed by atoms with E-state index in [1.165, 1.54) is 11.8 Å². The minimum absolute atomic E-state index is 0.00538. The molecule has 3 nitrogen and oxygen atoms in total. The summed E-state index contributed by atoms with van der Waals surface area (Å²) >= 11 is 1.24. The van der Waals surface area contributed by atoms with Gasteiger partial charge >= 0.3 is 0 Å². The van der Waals surface area contributed by atoms with Gasteiger partial charge in [-0.15, -0.1) is 0 Å². The Morgan fingerprint density at radius 1 is 1.47 bits per heavy atom. The molecule has 0 fully saturated rings. The van der Waals surface area contributed by atoms with Gasteiger partial charge in [0.15, 0.2) is 0 Å². The van der Waals surface area contributed by atoms with Crippen molar-refractivity contribution in [1.82, 2.24) is 0 Å². The Morgan fingerprint density at radius 3 is 2.87 bits per heavy atom. The second kappa shape index (κ2) is 3.54. The Kier molecular flexibility index (Phi) is 2.48. The number of anilines is 1. The molecule has 0 saturated heterocycles. The van der Waals surface area contributed by atoms with E-state index in [0.717, 1.165) is 16.1 Å². The summed E-state index contributed by atoms with van der Waals surface area (Å²) in [5.74, 6) is 0. The molecule has 0 saturated carbocycles. The van der Waals surface area contributed by atoms with E-state index in [1.54, 1.807) is 0 Å². The van der Waals surface area contributed by atoms with Crippen molar-refractivity contribution >= 4 is 22.6 Å². The molecule has 0 radical (unpaired) electrons. The van der Waals surface area contributed by atoms with Crippen molar-refractivity contribution in [2.45, 2.75) is 30.9 Å². The van der Waals surface area contributed by atoms with Crippen LogP contribution in [0.15, 0.2) is 23.1 Å². The molecular weight excluding hydrogens is 210 g/mol. The summed E-state index contributed by atoms with van der Waals surface area (Å²) in [7, 11) is 0. The first kappa shape index (κ1) is 10.5. The van der Waals surface area contributed by atoms with Gasteiger partial charge in [-0.1, -0.05) is 6.07 Å². The van der Waals surface area contributed by atoms with Crippen LogP contribution in [-0.4, -0.2) is 15.8 Å². The molecular formula is C11H13NO2S. The minimum atomic E-state index is -0.515. The van der Waals surface area contributed by atoms with Crippen LogP contribution in [0.25, 0.3) is 0 Å². The van der Waals surface area contributed by atoms with E-state index in [1.807, 2.05) is 32.0 Å². The maximum Gasteiger partial charge on any atom is 0.218 e. The molecule has 0 bridgehead atoms. The van der Waals surface area contributed by atoms with Crippen LogP contribution in [0, 0.1) is 0 Å². The molecule has 2 N–H and O–H groups in total. The lowest BCUT2D eigenvalue weighted by molar-refractivity contribution is -0.114. The fourth-order valence-electron chi connectivity index (χ4n) is 1.47. The van der Waals surface area contributed by atoms with E-state index >= 15 is 0 Å². The molecule has 4 heteroatoms. The van der Waals surface area contributed by atoms with Crippen LogP contribution in [-0.2, 0) is 11.4 Å². The minimum Gasteiger partial charge on any atom is -0.392 e. The topological polar surface area (TPSA) is 49.3 Å². The summed E-state index contributed by atoms with van der Waals surface area (Å²) in [4.78, 5) is 12.6. The highest BCUT2D eigenvalue weighted by molar-refractivity contribution is 8.14. The van der Waals surface area contributed by atoms with Gasteiger partial charge < -0.3 is 10.4 Å². The quantitative estimate of drug-likeness (QED) is 0.764. The Labute approximate surface area is 92.9 Å². The first-order chi connectivity index (χ1) is 7.03. The third-order valence-electron chi connectivity index (χ3n) is 2.39. The first-order valence-corrected chi connectivity index (χ1v) is 5.59. The van der Waals surface area contributed by atoms with Crippen molar-refractivity contribution in [2.75, 3.05) is 5.32 Å². The molecule has 0 aromatic heterocycles. The molecule has 1 heterocycles. The van der Waals surface area contributed by atoms with Gasteiger partial charge in [0.1, 0.15) is 5.54 Å². The summed E-state index contributed by atoms with van der Waals surface area (Å²) < 4.78 is 0. The number of aliphatic hydroxyl groups excluding tert-OH is 1. The van der Waals surface area contributed by atoms with Crippen molar-refractivity contribution in [3.63, 3.8) is 0 Å². The lowest BCUT2D eigenvalue weighted by Crippen LogP contribution is -2.40. The highest BCUT2D eigenvalue weighted by Gasteiger charge is 2.33. The number of benzene rings is 1. The van der Waals surface area contributed by atoms with E-state index in [2.05, 4.69) is 5.32 Å². The first-order valence-electron chi connectivity index (χ1n) is 4.77. The number of nitrogens with one attached hydrogen (secondary N) is 1. The largest absolute Gasteiger partial charge is 0.392 e. The Hall–Kier alpha value is -1.00. The second-order valence-corrected chi connectivity index (χ2v) is 5.14. The van der Waals surface area contributed by atoms with Crippen LogP contribution < -0.4 is 5.32 Å². The number of rotatable bonds is 1. The summed E-state index contributed by atoms with van der Waals surface area (Å²) in [6, 6.07) is 5.61. The van der Waals surface area contributed by atoms with Gasteiger partial charge in [0.2, 0.25) is 5.12 Å². The van der Waals surface area contributed by atoms with Gasteiger partial charge in [-0.25, -0.2) is 0 Å². The number of hydrogen-bond acceptors (Lipinski definition) is 4. The molecule has 1 aliphatic rings. The number of aliphatic hydroxyl groups is 1. The number of carbonyl (C=O) groups is 1. The highest BCUT2D eigenvalue weighted by atomic mass is 32.2. The molecule has 80 valence electrons. The predicted molar refractivity (Wildman–Crippen MR) is 60.9 cm³/mol. The number of carbonyl (C=O) groups excluding carboxylic acids is 1. The predicted octanol–water partition coefficient (Wildman–Crippen LogP) is 2.00. The van der Waals surface area contributed by atoms with Crippen LogP contribution in [0.3, 0.4) is 0 Å². The zero-order valence-corrected chi connectivity index (χ0v) is 9.52. The third-order valence-corrected chi connectivity index (χ3v) is 3.64.